The largest absolute Gasteiger partial charge is 0.469 e. The minimum Gasteiger partial charge on any atom is -0.469 e. The summed E-state index contributed by atoms with van der Waals surface area (Å²) in [7, 11) is 0. The monoisotopic (exact) mass is 410 g/mol. The Morgan fingerprint density at radius 3 is 2.70 bits per heavy atom. The van der Waals surface area contributed by atoms with Gasteiger partial charge in [-0.05, 0) is 57.4 Å². The SMILES string of the molecule is Cc1occc1C(=O)N1CCC(N2CCC[C@H](C(=O)NCc3ccccn3)C2)CC1. The summed E-state index contributed by atoms with van der Waals surface area (Å²) >= 11 is 0. The molecule has 7 nitrogen and oxygen atoms in total. The molecule has 0 radical (unpaired) electrons. The molecule has 0 spiro atoms. The number of carbonyl (C=O) groups is 2. The van der Waals surface area contributed by atoms with Gasteiger partial charge in [0.25, 0.3) is 5.91 Å². The van der Waals surface area contributed by atoms with Gasteiger partial charge in [0.2, 0.25) is 5.91 Å². The highest BCUT2D eigenvalue weighted by molar-refractivity contribution is 5.95. The molecule has 2 amide bonds. The number of nitrogens with zero attached hydrogens (tertiary/aromatic N) is 3. The van der Waals surface area contributed by atoms with Gasteiger partial charge in [-0.3, -0.25) is 19.5 Å². The third-order valence-corrected chi connectivity index (χ3v) is 6.35. The van der Waals surface area contributed by atoms with Gasteiger partial charge in [0.05, 0.1) is 30.0 Å². The molecule has 2 aliphatic rings. The number of rotatable bonds is 5. The van der Waals surface area contributed by atoms with Crippen molar-refractivity contribution in [2.45, 2.75) is 45.2 Å². The molecule has 0 unspecified atom stereocenters. The van der Waals surface area contributed by atoms with Crippen LogP contribution in [0.1, 0.15) is 47.5 Å². The molecule has 30 heavy (non-hydrogen) atoms. The summed E-state index contributed by atoms with van der Waals surface area (Å²) in [4.78, 5) is 34.0. The number of furan rings is 1. The minimum atomic E-state index is 0.0238. The first-order valence-electron chi connectivity index (χ1n) is 10.9. The average Bonchev–Trinajstić information content (AvgIpc) is 3.23. The number of piperidine rings is 2. The van der Waals surface area contributed by atoms with Crippen LogP contribution in [-0.2, 0) is 11.3 Å². The van der Waals surface area contributed by atoms with Crippen molar-refractivity contribution in [1.82, 2.24) is 20.1 Å². The molecule has 2 aromatic heterocycles. The Kier molecular flexibility index (Phi) is 6.47. The Hall–Kier alpha value is -2.67. The Labute approximate surface area is 177 Å². The van der Waals surface area contributed by atoms with Crippen LogP contribution in [0.15, 0.2) is 41.1 Å². The van der Waals surface area contributed by atoms with Crippen molar-refractivity contribution in [3.05, 3.63) is 53.7 Å². The molecule has 2 saturated heterocycles. The number of hydrogen-bond donors (Lipinski definition) is 1. The van der Waals surface area contributed by atoms with Crippen LogP contribution in [0, 0.1) is 12.8 Å². The maximum Gasteiger partial charge on any atom is 0.257 e. The highest BCUT2D eigenvalue weighted by Gasteiger charge is 2.33. The molecule has 7 heteroatoms. The Balaban J connectivity index is 1.26. The van der Waals surface area contributed by atoms with Gasteiger partial charge >= 0.3 is 0 Å². The zero-order valence-corrected chi connectivity index (χ0v) is 17.5. The van der Waals surface area contributed by atoms with E-state index in [1.54, 1.807) is 18.5 Å². The van der Waals surface area contributed by atoms with Crippen LogP contribution in [0.4, 0.5) is 0 Å². The molecule has 1 N–H and O–H groups in total. The lowest BCUT2D eigenvalue weighted by atomic mass is 9.93. The molecular weight excluding hydrogens is 380 g/mol. The lowest BCUT2D eigenvalue weighted by Crippen LogP contribution is -2.51. The maximum absolute atomic E-state index is 12.7. The van der Waals surface area contributed by atoms with E-state index in [0.29, 0.717) is 23.9 Å². The van der Waals surface area contributed by atoms with Crippen molar-refractivity contribution in [2.75, 3.05) is 26.2 Å². The third kappa shape index (κ3) is 4.73. The van der Waals surface area contributed by atoms with Crippen LogP contribution >= 0.6 is 0 Å². The predicted octanol–water partition coefficient (Wildman–Crippen LogP) is 2.62. The van der Waals surface area contributed by atoms with Crippen molar-refractivity contribution in [2.24, 2.45) is 5.92 Å². The number of aryl methyl sites for hydroxylation is 1. The van der Waals surface area contributed by atoms with Crippen LogP contribution in [0.25, 0.3) is 0 Å². The van der Waals surface area contributed by atoms with Crippen molar-refractivity contribution in [1.29, 1.82) is 0 Å². The Morgan fingerprint density at radius 2 is 2.00 bits per heavy atom. The summed E-state index contributed by atoms with van der Waals surface area (Å²) in [6.45, 7) is 5.64. The van der Waals surface area contributed by atoms with E-state index in [0.717, 1.165) is 57.6 Å². The number of pyridine rings is 1. The van der Waals surface area contributed by atoms with Gasteiger partial charge in [-0.15, -0.1) is 0 Å². The number of hydrogen-bond acceptors (Lipinski definition) is 5. The van der Waals surface area contributed by atoms with Gasteiger partial charge in [0.1, 0.15) is 5.76 Å². The highest BCUT2D eigenvalue weighted by Crippen LogP contribution is 2.25. The van der Waals surface area contributed by atoms with E-state index in [-0.39, 0.29) is 17.7 Å². The molecule has 1 atom stereocenters. The fourth-order valence-corrected chi connectivity index (χ4v) is 4.59. The van der Waals surface area contributed by atoms with Gasteiger partial charge in [-0.25, -0.2) is 0 Å². The lowest BCUT2D eigenvalue weighted by molar-refractivity contribution is -0.127. The van der Waals surface area contributed by atoms with E-state index in [1.165, 1.54) is 0 Å². The summed E-state index contributed by atoms with van der Waals surface area (Å²) in [6.07, 6.45) is 7.18. The highest BCUT2D eigenvalue weighted by atomic mass is 16.3. The van der Waals surface area contributed by atoms with E-state index in [9.17, 15) is 9.59 Å². The summed E-state index contributed by atoms with van der Waals surface area (Å²) in [5, 5.41) is 3.05. The number of nitrogens with one attached hydrogen (secondary N) is 1. The molecule has 2 fully saturated rings. The van der Waals surface area contributed by atoms with E-state index in [1.807, 2.05) is 30.0 Å². The van der Waals surface area contributed by atoms with Crippen molar-refractivity contribution < 1.29 is 14.0 Å². The maximum atomic E-state index is 12.7. The minimum absolute atomic E-state index is 0.0238. The topological polar surface area (TPSA) is 78.7 Å². The molecule has 2 aromatic rings. The summed E-state index contributed by atoms with van der Waals surface area (Å²) in [6, 6.07) is 7.92. The normalized spacial score (nSPS) is 20.8. The summed E-state index contributed by atoms with van der Waals surface area (Å²) in [5.41, 5.74) is 1.54. The molecule has 0 bridgehead atoms. The molecule has 0 saturated carbocycles. The van der Waals surface area contributed by atoms with Crippen LogP contribution in [0.2, 0.25) is 0 Å². The van der Waals surface area contributed by atoms with Gasteiger partial charge in [0.15, 0.2) is 0 Å². The first-order valence-corrected chi connectivity index (χ1v) is 10.9. The van der Waals surface area contributed by atoms with Gasteiger partial charge in [-0.1, -0.05) is 6.07 Å². The average molecular weight is 411 g/mol. The quantitative estimate of drug-likeness (QED) is 0.820. The van der Waals surface area contributed by atoms with Gasteiger partial charge < -0.3 is 14.6 Å². The molecule has 160 valence electrons. The molecular formula is C23H30N4O3. The van der Waals surface area contributed by atoms with Crippen LogP contribution in [0.5, 0.6) is 0 Å². The van der Waals surface area contributed by atoms with E-state index in [4.69, 9.17) is 4.42 Å². The first-order chi connectivity index (χ1) is 14.6. The summed E-state index contributed by atoms with van der Waals surface area (Å²) in [5.74, 6) is 0.881. The Morgan fingerprint density at radius 1 is 1.17 bits per heavy atom. The van der Waals surface area contributed by atoms with Gasteiger partial charge in [-0.2, -0.15) is 0 Å². The third-order valence-electron chi connectivity index (χ3n) is 6.35. The number of carbonyl (C=O) groups excluding carboxylic acids is 2. The molecule has 4 heterocycles. The zero-order valence-electron chi connectivity index (χ0n) is 17.5. The van der Waals surface area contributed by atoms with Crippen LogP contribution in [0.3, 0.4) is 0 Å². The summed E-state index contributed by atoms with van der Waals surface area (Å²) < 4.78 is 5.28. The smallest absolute Gasteiger partial charge is 0.257 e. The van der Waals surface area contributed by atoms with E-state index < -0.39 is 0 Å². The fourth-order valence-electron chi connectivity index (χ4n) is 4.59. The Bertz CT molecular complexity index is 858. The molecule has 0 aromatic carbocycles. The van der Waals surface area contributed by atoms with E-state index >= 15 is 0 Å². The number of likely N-dealkylation sites (tertiary alicyclic amines) is 2. The second kappa shape index (κ2) is 9.43. The zero-order chi connectivity index (χ0) is 20.9. The fraction of sp³-hybridized carbons (Fsp3) is 0.522. The lowest BCUT2D eigenvalue weighted by Gasteiger charge is -2.42. The van der Waals surface area contributed by atoms with Crippen molar-refractivity contribution in [3.8, 4) is 0 Å². The molecule has 4 rings (SSSR count). The van der Waals surface area contributed by atoms with E-state index in [2.05, 4.69) is 15.2 Å². The predicted molar refractivity (Wildman–Crippen MR) is 113 cm³/mol. The number of aromatic nitrogens is 1. The second-order valence-corrected chi connectivity index (χ2v) is 8.29. The van der Waals surface area contributed by atoms with Crippen molar-refractivity contribution in [3.63, 3.8) is 0 Å². The second-order valence-electron chi connectivity index (χ2n) is 8.29. The van der Waals surface area contributed by atoms with Gasteiger partial charge in [0, 0.05) is 31.9 Å². The molecule has 0 aliphatic carbocycles. The number of amides is 2. The molecule has 2 aliphatic heterocycles. The van der Waals surface area contributed by atoms with Crippen LogP contribution < -0.4 is 5.32 Å². The first kappa shape index (κ1) is 20.6. The van der Waals surface area contributed by atoms with Crippen LogP contribution in [-0.4, -0.2) is 58.8 Å². The van der Waals surface area contributed by atoms with Crippen molar-refractivity contribution >= 4 is 11.8 Å². The standard InChI is InChI=1S/C23H30N4O3/c1-17-21(9-14-30-17)23(29)26-12-7-20(8-13-26)27-11-4-5-18(16-27)22(28)25-15-19-6-2-3-10-24-19/h2-3,6,9-10,14,18,20H,4-5,7-8,11-13,15-16H2,1H3,(H,25,28)/t18-/m0/s1.